The van der Waals surface area contributed by atoms with Gasteiger partial charge in [-0.15, -0.1) is 0 Å². The van der Waals surface area contributed by atoms with Crippen LogP contribution in [0.3, 0.4) is 0 Å². The molecule has 0 atom stereocenters. The zero-order valence-corrected chi connectivity index (χ0v) is 14.5. The van der Waals surface area contributed by atoms with E-state index in [-0.39, 0.29) is 24.2 Å². The fourth-order valence-corrected chi connectivity index (χ4v) is 3.05. The standard InChI is InChI=1S/C18H24N4O3/c1-14-20-22(13-17(23)19-16-8-11-25-12-9-16)18(24)21(14)10-7-15-5-3-2-4-6-15/h2-6,16H,7-13H2,1H3,(H,19,23). The predicted octanol–water partition coefficient (Wildman–Crippen LogP) is 0.891. The molecule has 2 heterocycles. The van der Waals surface area contributed by atoms with Gasteiger partial charge >= 0.3 is 5.69 Å². The zero-order chi connectivity index (χ0) is 17.6. The first kappa shape index (κ1) is 17.4. The number of ether oxygens (including phenoxy) is 1. The summed E-state index contributed by atoms with van der Waals surface area (Å²) in [5, 5.41) is 7.19. The van der Waals surface area contributed by atoms with Gasteiger partial charge in [-0.2, -0.15) is 5.10 Å². The summed E-state index contributed by atoms with van der Waals surface area (Å²) in [4.78, 5) is 24.7. The van der Waals surface area contributed by atoms with Gasteiger partial charge in [-0.3, -0.25) is 9.36 Å². The van der Waals surface area contributed by atoms with Crippen molar-refractivity contribution in [3.63, 3.8) is 0 Å². The molecule has 25 heavy (non-hydrogen) atoms. The number of hydrogen-bond donors (Lipinski definition) is 1. The number of aryl methyl sites for hydroxylation is 2. The maximum atomic E-state index is 12.5. The van der Waals surface area contributed by atoms with Crippen LogP contribution >= 0.6 is 0 Å². The molecule has 0 spiro atoms. The van der Waals surface area contributed by atoms with Crippen molar-refractivity contribution in [3.8, 4) is 0 Å². The van der Waals surface area contributed by atoms with Crippen molar-refractivity contribution in [2.75, 3.05) is 13.2 Å². The summed E-state index contributed by atoms with van der Waals surface area (Å²) in [6.07, 6.45) is 2.37. The fraction of sp³-hybridized carbons (Fsp3) is 0.500. The van der Waals surface area contributed by atoms with Gasteiger partial charge < -0.3 is 10.1 Å². The Morgan fingerprint density at radius 2 is 2.00 bits per heavy atom. The second-order valence-corrected chi connectivity index (χ2v) is 6.33. The normalized spacial score (nSPS) is 15.2. The monoisotopic (exact) mass is 344 g/mol. The lowest BCUT2D eigenvalue weighted by molar-refractivity contribution is -0.123. The van der Waals surface area contributed by atoms with Crippen LogP contribution in [0.25, 0.3) is 0 Å². The molecule has 1 aromatic heterocycles. The van der Waals surface area contributed by atoms with Gasteiger partial charge in [-0.25, -0.2) is 9.48 Å². The molecule has 1 aliphatic heterocycles. The molecule has 1 N–H and O–H groups in total. The number of carbonyl (C=O) groups excluding carboxylic acids is 1. The molecule has 0 unspecified atom stereocenters. The highest BCUT2D eigenvalue weighted by Gasteiger charge is 2.18. The summed E-state index contributed by atoms with van der Waals surface area (Å²) in [7, 11) is 0. The molecule has 1 fully saturated rings. The van der Waals surface area contributed by atoms with Crippen molar-refractivity contribution in [2.45, 2.75) is 45.3 Å². The minimum absolute atomic E-state index is 0.0463. The van der Waals surface area contributed by atoms with E-state index in [1.807, 2.05) is 30.3 Å². The summed E-state index contributed by atoms with van der Waals surface area (Å²) < 4.78 is 8.14. The average Bonchev–Trinajstić information content (AvgIpc) is 2.88. The second kappa shape index (κ2) is 8.11. The summed E-state index contributed by atoms with van der Waals surface area (Å²) in [5.74, 6) is 0.446. The molecule has 0 bridgehead atoms. The van der Waals surface area contributed by atoms with Gasteiger partial charge in [-0.05, 0) is 31.7 Å². The minimum Gasteiger partial charge on any atom is -0.381 e. The Kier molecular flexibility index (Phi) is 5.65. The van der Waals surface area contributed by atoms with Gasteiger partial charge in [0, 0.05) is 25.8 Å². The number of nitrogens with zero attached hydrogens (tertiary/aromatic N) is 3. The molecule has 3 rings (SSSR count). The van der Waals surface area contributed by atoms with E-state index in [1.54, 1.807) is 11.5 Å². The van der Waals surface area contributed by atoms with E-state index in [2.05, 4.69) is 10.4 Å². The number of benzene rings is 1. The fourth-order valence-electron chi connectivity index (χ4n) is 3.05. The van der Waals surface area contributed by atoms with Crippen molar-refractivity contribution in [3.05, 3.63) is 52.2 Å². The van der Waals surface area contributed by atoms with E-state index >= 15 is 0 Å². The molecule has 7 nitrogen and oxygen atoms in total. The van der Waals surface area contributed by atoms with Crippen molar-refractivity contribution in [1.29, 1.82) is 0 Å². The van der Waals surface area contributed by atoms with Crippen LogP contribution in [0.15, 0.2) is 35.1 Å². The van der Waals surface area contributed by atoms with Crippen molar-refractivity contribution < 1.29 is 9.53 Å². The molecule has 1 aliphatic rings. The maximum Gasteiger partial charge on any atom is 0.346 e. The molecule has 134 valence electrons. The number of nitrogens with one attached hydrogen (secondary N) is 1. The Morgan fingerprint density at radius 3 is 2.72 bits per heavy atom. The molecule has 1 amide bonds. The Morgan fingerprint density at radius 1 is 1.28 bits per heavy atom. The third kappa shape index (κ3) is 4.57. The summed E-state index contributed by atoms with van der Waals surface area (Å²) in [5.41, 5.74) is 0.925. The van der Waals surface area contributed by atoms with Crippen molar-refractivity contribution >= 4 is 5.91 Å². The number of carbonyl (C=O) groups is 1. The van der Waals surface area contributed by atoms with Crippen molar-refractivity contribution in [2.24, 2.45) is 0 Å². The first-order valence-electron chi connectivity index (χ1n) is 8.69. The van der Waals surface area contributed by atoms with E-state index in [1.165, 1.54) is 10.2 Å². The molecule has 0 radical (unpaired) electrons. The Balaban J connectivity index is 1.60. The summed E-state index contributed by atoms with van der Waals surface area (Å²) >= 11 is 0. The van der Waals surface area contributed by atoms with Crippen LogP contribution in [0, 0.1) is 6.92 Å². The molecule has 0 saturated carbocycles. The largest absolute Gasteiger partial charge is 0.381 e. The zero-order valence-electron chi connectivity index (χ0n) is 14.5. The molecule has 1 saturated heterocycles. The van der Waals surface area contributed by atoms with Gasteiger partial charge in [0.2, 0.25) is 5.91 Å². The molecule has 1 aromatic carbocycles. The lowest BCUT2D eigenvalue weighted by Gasteiger charge is -2.22. The minimum atomic E-state index is -0.240. The van der Waals surface area contributed by atoms with Crippen LogP contribution in [-0.4, -0.2) is 39.5 Å². The van der Waals surface area contributed by atoms with Crippen LogP contribution in [-0.2, 0) is 29.0 Å². The van der Waals surface area contributed by atoms with Gasteiger partial charge in [0.25, 0.3) is 0 Å². The van der Waals surface area contributed by atoms with Gasteiger partial charge in [0.15, 0.2) is 0 Å². The van der Waals surface area contributed by atoms with Crippen LogP contribution in [0.4, 0.5) is 0 Å². The summed E-state index contributed by atoms with van der Waals surface area (Å²) in [6.45, 7) is 3.63. The van der Waals surface area contributed by atoms with E-state index < -0.39 is 0 Å². The Labute approximate surface area is 146 Å². The smallest absolute Gasteiger partial charge is 0.346 e. The van der Waals surface area contributed by atoms with E-state index in [0.717, 1.165) is 19.3 Å². The van der Waals surface area contributed by atoms with Gasteiger partial charge in [-0.1, -0.05) is 30.3 Å². The highest BCUT2D eigenvalue weighted by molar-refractivity contribution is 5.75. The van der Waals surface area contributed by atoms with Gasteiger partial charge in [0.05, 0.1) is 0 Å². The summed E-state index contributed by atoms with van der Waals surface area (Å²) in [6, 6.07) is 10.1. The quantitative estimate of drug-likeness (QED) is 0.844. The third-order valence-corrected chi connectivity index (χ3v) is 4.45. The first-order chi connectivity index (χ1) is 12.1. The van der Waals surface area contributed by atoms with Crippen LogP contribution in [0.5, 0.6) is 0 Å². The Hall–Kier alpha value is -2.41. The number of hydrogen-bond acceptors (Lipinski definition) is 4. The lowest BCUT2D eigenvalue weighted by atomic mass is 10.1. The van der Waals surface area contributed by atoms with E-state index in [4.69, 9.17) is 4.74 Å². The van der Waals surface area contributed by atoms with Crippen LogP contribution in [0.2, 0.25) is 0 Å². The topological polar surface area (TPSA) is 78.2 Å². The molecule has 2 aromatic rings. The van der Waals surface area contributed by atoms with E-state index in [0.29, 0.717) is 25.6 Å². The highest BCUT2D eigenvalue weighted by Crippen LogP contribution is 2.06. The predicted molar refractivity (Wildman–Crippen MR) is 93.4 cm³/mol. The Bertz CT molecular complexity index is 760. The van der Waals surface area contributed by atoms with Gasteiger partial charge in [0.1, 0.15) is 12.4 Å². The molecular formula is C18H24N4O3. The number of rotatable bonds is 6. The average molecular weight is 344 g/mol. The second-order valence-electron chi connectivity index (χ2n) is 6.33. The highest BCUT2D eigenvalue weighted by atomic mass is 16.5. The van der Waals surface area contributed by atoms with Crippen LogP contribution in [0.1, 0.15) is 24.2 Å². The molecular weight excluding hydrogens is 320 g/mol. The first-order valence-corrected chi connectivity index (χ1v) is 8.69. The maximum absolute atomic E-state index is 12.5. The number of aromatic nitrogens is 3. The molecule has 7 heteroatoms. The SMILES string of the molecule is Cc1nn(CC(=O)NC2CCOCC2)c(=O)n1CCc1ccccc1. The third-order valence-electron chi connectivity index (χ3n) is 4.45. The lowest BCUT2D eigenvalue weighted by Crippen LogP contribution is -2.42. The van der Waals surface area contributed by atoms with E-state index in [9.17, 15) is 9.59 Å². The van der Waals surface area contributed by atoms with Crippen LogP contribution < -0.4 is 11.0 Å². The molecule has 0 aliphatic carbocycles. The van der Waals surface area contributed by atoms with Crippen molar-refractivity contribution in [1.82, 2.24) is 19.7 Å². The number of amides is 1.